The predicted molar refractivity (Wildman–Crippen MR) is 55.4 cm³/mol. The van der Waals surface area contributed by atoms with Gasteiger partial charge in [-0.15, -0.1) is 0 Å². The lowest BCUT2D eigenvalue weighted by molar-refractivity contribution is 0.0971. The molecule has 1 aliphatic rings. The number of anilines is 1. The maximum atomic E-state index is 11.8. The summed E-state index contributed by atoms with van der Waals surface area (Å²) in [5.41, 5.74) is 0.734. The normalized spacial score (nSPS) is 19.6. The van der Waals surface area contributed by atoms with Gasteiger partial charge in [0.25, 0.3) is 0 Å². The topological polar surface area (TPSA) is 42.0 Å². The summed E-state index contributed by atoms with van der Waals surface area (Å²) < 4.78 is 0. The van der Waals surface area contributed by atoms with E-state index in [2.05, 4.69) is 24.1 Å². The number of Topliss-reactive ketones (excluding diaryl/α,β-unsaturated/α-hetero) is 1. The monoisotopic (exact) mass is 190 g/mol. The molecule has 3 heteroatoms. The third-order valence-corrected chi connectivity index (χ3v) is 2.41. The number of carbonyl (C=O) groups excluding carboxylic acids is 1. The highest BCUT2D eigenvalue weighted by molar-refractivity contribution is 6.09. The molecule has 0 bridgehead atoms. The SMILES string of the molecule is CC(C)CC1Nc2ncccc2C1=O. The van der Waals surface area contributed by atoms with Crippen LogP contribution in [-0.4, -0.2) is 16.8 Å². The van der Waals surface area contributed by atoms with E-state index in [0.29, 0.717) is 5.92 Å². The van der Waals surface area contributed by atoms with E-state index in [1.54, 1.807) is 12.3 Å². The number of nitrogens with one attached hydrogen (secondary N) is 1. The summed E-state index contributed by atoms with van der Waals surface area (Å²) in [6.45, 7) is 4.23. The van der Waals surface area contributed by atoms with E-state index in [4.69, 9.17) is 0 Å². The van der Waals surface area contributed by atoms with Crippen LogP contribution >= 0.6 is 0 Å². The molecule has 1 atom stereocenters. The molecule has 1 aromatic rings. The lowest BCUT2D eigenvalue weighted by Gasteiger charge is -2.11. The largest absolute Gasteiger partial charge is 0.359 e. The van der Waals surface area contributed by atoms with E-state index in [1.165, 1.54) is 0 Å². The van der Waals surface area contributed by atoms with Crippen molar-refractivity contribution in [3.05, 3.63) is 23.9 Å². The highest BCUT2D eigenvalue weighted by Crippen LogP contribution is 2.25. The van der Waals surface area contributed by atoms with Crippen LogP contribution in [0.4, 0.5) is 5.82 Å². The molecule has 1 N–H and O–H groups in total. The van der Waals surface area contributed by atoms with Crippen LogP contribution in [0.25, 0.3) is 0 Å². The second-order valence-electron chi connectivity index (χ2n) is 4.09. The van der Waals surface area contributed by atoms with Gasteiger partial charge in [-0.25, -0.2) is 4.98 Å². The van der Waals surface area contributed by atoms with Crippen molar-refractivity contribution in [2.45, 2.75) is 26.3 Å². The van der Waals surface area contributed by atoms with Gasteiger partial charge in [-0.3, -0.25) is 4.79 Å². The summed E-state index contributed by atoms with van der Waals surface area (Å²) >= 11 is 0. The Morgan fingerprint density at radius 3 is 3.00 bits per heavy atom. The molecule has 14 heavy (non-hydrogen) atoms. The lowest BCUT2D eigenvalue weighted by Crippen LogP contribution is -2.24. The summed E-state index contributed by atoms with van der Waals surface area (Å²) in [6.07, 6.45) is 2.58. The van der Waals surface area contributed by atoms with E-state index in [0.717, 1.165) is 17.8 Å². The number of pyridine rings is 1. The molecule has 0 fully saturated rings. The number of rotatable bonds is 2. The fraction of sp³-hybridized carbons (Fsp3) is 0.455. The Labute approximate surface area is 83.5 Å². The number of ketones is 1. The molecule has 0 aliphatic carbocycles. The standard InChI is InChI=1S/C11H14N2O/c1-7(2)6-9-10(14)8-4-3-5-12-11(8)13-9/h3-5,7,9H,6H2,1-2H3,(H,12,13). The molecule has 1 unspecified atom stereocenters. The molecule has 0 aromatic carbocycles. The van der Waals surface area contributed by atoms with E-state index in [9.17, 15) is 4.79 Å². The lowest BCUT2D eigenvalue weighted by atomic mass is 10.00. The highest BCUT2D eigenvalue weighted by Gasteiger charge is 2.30. The molecule has 1 aromatic heterocycles. The Bertz CT molecular complexity index is 360. The van der Waals surface area contributed by atoms with Crippen LogP contribution in [0.2, 0.25) is 0 Å². The third kappa shape index (κ3) is 1.50. The summed E-state index contributed by atoms with van der Waals surface area (Å²) in [5, 5.41) is 3.15. The van der Waals surface area contributed by atoms with Crippen molar-refractivity contribution in [1.82, 2.24) is 4.98 Å². The average Bonchev–Trinajstić information content (AvgIpc) is 2.44. The molecule has 1 aliphatic heterocycles. The molecular weight excluding hydrogens is 176 g/mol. The molecule has 74 valence electrons. The fourth-order valence-electron chi connectivity index (χ4n) is 1.77. The highest BCUT2D eigenvalue weighted by atomic mass is 16.1. The van der Waals surface area contributed by atoms with Crippen LogP contribution in [0.1, 0.15) is 30.6 Å². The van der Waals surface area contributed by atoms with Gasteiger partial charge >= 0.3 is 0 Å². The average molecular weight is 190 g/mol. The quantitative estimate of drug-likeness (QED) is 0.776. The molecule has 2 heterocycles. The Balaban J connectivity index is 2.21. The van der Waals surface area contributed by atoms with Crippen molar-refractivity contribution in [2.75, 3.05) is 5.32 Å². The second-order valence-corrected chi connectivity index (χ2v) is 4.09. The van der Waals surface area contributed by atoms with Gasteiger partial charge in [-0.05, 0) is 24.5 Å². The van der Waals surface area contributed by atoms with Crippen LogP contribution in [0.3, 0.4) is 0 Å². The number of carbonyl (C=O) groups is 1. The number of hydrogen-bond donors (Lipinski definition) is 1. The minimum atomic E-state index is -0.0695. The van der Waals surface area contributed by atoms with Crippen molar-refractivity contribution in [3.63, 3.8) is 0 Å². The molecule has 0 spiro atoms. The van der Waals surface area contributed by atoms with Gasteiger partial charge < -0.3 is 5.32 Å². The predicted octanol–water partition coefficient (Wildman–Crippen LogP) is 2.10. The number of nitrogens with zero attached hydrogens (tertiary/aromatic N) is 1. The fourth-order valence-corrected chi connectivity index (χ4v) is 1.77. The van der Waals surface area contributed by atoms with Crippen LogP contribution in [0.15, 0.2) is 18.3 Å². The van der Waals surface area contributed by atoms with Gasteiger partial charge in [0.2, 0.25) is 0 Å². The van der Waals surface area contributed by atoms with Crippen molar-refractivity contribution < 1.29 is 4.79 Å². The second kappa shape index (κ2) is 3.40. The van der Waals surface area contributed by atoms with Gasteiger partial charge in [-0.2, -0.15) is 0 Å². The molecule has 0 amide bonds. The maximum absolute atomic E-state index is 11.8. The van der Waals surface area contributed by atoms with Crippen LogP contribution in [-0.2, 0) is 0 Å². The maximum Gasteiger partial charge on any atom is 0.188 e. The van der Waals surface area contributed by atoms with Gasteiger partial charge in [-0.1, -0.05) is 13.8 Å². The van der Waals surface area contributed by atoms with Gasteiger partial charge in [0.1, 0.15) is 5.82 Å². The van der Waals surface area contributed by atoms with Crippen molar-refractivity contribution in [1.29, 1.82) is 0 Å². The first kappa shape index (κ1) is 9.19. The van der Waals surface area contributed by atoms with Crippen molar-refractivity contribution in [3.8, 4) is 0 Å². The van der Waals surface area contributed by atoms with Gasteiger partial charge in [0.15, 0.2) is 5.78 Å². The summed E-state index contributed by atoms with van der Waals surface area (Å²) in [7, 11) is 0. The zero-order valence-electron chi connectivity index (χ0n) is 8.45. The Morgan fingerprint density at radius 1 is 1.57 bits per heavy atom. The number of aromatic nitrogens is 1. The smallest absolute Gasteiger partial charge is 0.188 e. The Morgan fingerprint density at radius 2 is 2.36 bits per heavy atom. The molecular formula is C11H14N2O. The van der Waals surface area contributed by atoms with E-state index in [-0.39, 0.29) is 11.8 Å². The minimum absolute atomic E-state index is 0.0695. The summed E-state index contributed by atoms with van der Waals surface area (Å²) in [4.78, 5) is 16.0. The van der Waals surface area contributed by atoms with Crippen LogP contribution < -0.4 is 5.32 Å². The van der Waals surface area contributed by atoms with Gasteiger partial charge in [0.05, 0.1) is 11.6 Å². The van der Waals surface area contributed by atoms with Crippen LogP contribution in [0, 0.1) is 5.92 Å². The third-order valence-electron chi connectivity index (χ3n) is 2.41. The Hall–Kier alpha value is -1.38. The molecule has 3 nitrogen and oxygen atoms in total. The number of hydrogen-bond acceptors (Lipinski definition) is 3. The first-order valence-electron chi connectivity index (χ1n) is 4.94. The summed E-state index contributed by atoms with van der Waals surface area (Å²) in [6, 6.07) is 3.56. The molecule has 0 radical (unpaired) electrons. The van der Waals surface area contributed by atoms with Gasteiger partial charge in [0, 0.05) is 6.20 Å². The molecule has 2 rings (SSSR count). The van der Waals surface area contributed by atoms with Crippen molar-refractivity contribution in [2.24, 2.45) is 5.92 Å². The van der Waals surface area contributed by atoms with Crippen LogP contribution in [0.5, 0.6) is 0 Å². The summed E-state index contributed by atoms with van der Waals surface area (Å²) in [5.74, 6) is 1.44. The number of fused-ring (bicyclic) bond motifs is 1. The van der Waals surface area contributed by atoms with E-state index >= 15 is 0 Å². The minimum Gasteiger partial charge on any atom is -0.359 e. The van der Waals surface area contributed by atoms with E-state index in [1.807, 2.05) is 6.07 Å². The van der Waals surface area contributed by atoms with E-state index < -0.39 is 0 Å². The first-order valence-corrected chi connectivity index (χ1v) is 4.94. The zero-order valence-corrected chi connectivity index (χ0v) is 8.45. The van der Waals surface area contributed by atoms with Crippen molar-refractivity contribution >= 4 is 11.6 Å². The zero-order chi connectivity index (χ0) is 10.1. The molecule has 0 saturated carbocycles. The first-order chi connectivity index (χ1) is 6.68. The molecule has 0 saturated heterocycles. The Kier molecular flexibility index (Phi) is 2.23.